The van der Waals surface area contributed by atoms with E-state index in [1.807, 2.05) is 0 Å². The molecule has 0 saturated heterocycles. The molecule has 0 saturated carbocycles. The summed E-state index contributed by atoms with van der Waals surface area (Å²) in [6.07, 6.45) is 0. The van der Waals surface area contributed by atoms with Gasteiger partial charge >= 0.3 is 0 Å². The summed E-state index contributed by atoms with van der Waals surface area (Å²) in [6, 6.07) is 10.0. The third-order valence-corrected chi connectivity index (χ3v) is 3.50. The van der Waals surface area contributed by atoms with E-state index in [-0.39, 0.29) is 5.41 Å². The summed E-state index contributed by atoms with van der Waals surface area (Å²) < 4.78 is 0. The lowest BCUT2D eigenvalue weighted by molar-refractivity contribution is 0.283. The summed E-state index contributed by atoms with van der Waals surface area (Å²) in [6.45, 7) is 12.1. The van der Waals surface area contributed by atoms with Gasteiger partial charge in [-0.05, 0) is 30.6 Å². The molecular formula is C17H30N2. The molecule has 1 atom stereocenters. The third kappa shape index (κ3) is 4.96. The minimum absolute atomic E-state index is 0.225. The van der Waals surface area contributed by atoms with Gasteiger partial charge < -0.3 is 10.2 Å². The van der Waals surface area contributed by atoms with Crippen LogP contribution in [0, 0.1) is 0 Å². The van der Waals surface area contributed by atoms with Gasteiger partial charge in [-0.2, -0.15) is 0 Å². The van der Waals surface area contributed by atoms with Gasteiger partial charge in [0.25, 0.3) is 0 Å². The lowest BCUT2D eigenvalue weighted by Crippen LogP contribution is -2.34. The zero-order chi connectivity index (χ0) is 14.6. The lowest BCUT2D eigenvalue weighted by atomic mass is 9.86. The van der Waals surface area contributed by atoms with Crippen molar-refractivity contribution < 1.29 is 0 Å². The predicted molar refractivity (Wildman–Crippen MR) is 84.7 cm³/mol. The van der Waals surface area contributed by atoms with Gasteiger partial charge in [0, 0.05) is 18.6 Å². The van der Waals surface area contributed by atoms with E-state index in [1.54, 1.807) is 0 Å². The van der Waals surface area contributed by atoms with Gasteiger partial charge in [0.15, 0.2) is 0 Å². The molecule has 1 rings (SSSR count). The van der Waals surface area contributed by atoms with Crippen molar-refractivity contribution in [2.75, 3.05) is 20.6 Å². The van der Waals surface area contributed by atoms with Gasteiger partial charge in [-0.3, -0.25) is 0 Å². The van der Waals surface area contributed by atoms with Crippen LogP contribution in [0.2, 0.25) is 0 Å². The summed E-state index contributed by atoms with van der Waals surface area (Å²) in [5, 5.41) is 3.53. The first kappa shape index (κ1) is 16.2. The average molecular weight is 262 g/mol. The maximum absolute atomic E-state index is 3.53. The molecule has 19 heavy (non-hydrogen) atoms. The number of hydrogen-bond acceptors (Lipinski definition) is 2. The molecule has 0 aliphatic heterocycles. The molecule has 1 aromatic rings. The Morgan fingerprint density at radius 3 is 1.95 bits per heavy atom. The molecule has 0 radical (unpaired) electrons. The standard InChI is InChI=1S/C17H30N2/c1-13(2)18-12-16(19(6)7)14-8-10-15(11-9-14)17(3,4)5/h8-11,13,16,18H,12H2,1-7H3. The van der Waals surface area contributed by atoms with Crippen LogP contribution in [-0.2, 0) is 5.41 Å². The Morgan fingerprint density at radius 1 is 1.05 bits per heavy atom. The van der Waals surface area contributed by atoms with Crippen LogP contribution in [0.25, 0.3) is 0 Å². The van der Waals surface area contributed by atoms with Crippen molar-refractivity contribution in [1.82, 2.24) is 10.2 Å². The minimum Gasteiger partial charge on any atom is -0.313 e. The molecule has 2 nitrogen and oxygen atoms in total. The molecule has 0 amide bonds. The second kappa shape index (κ2) is 6.53. The summed E-state index contributed by atoms with van der Waals surface area (Å²) >= 11 is 0. The molecule has 1 aromatic carbocycles. The highest BCUT2D eigenvalue weighted by Gasteiger charge is 2.17. The molecule has 1 unspecified atom stereocenters. The van der Waals surface area contributed by atoms with Crippen LogP contribution in [0.4, 0.5) is 0 Å². The molecule has 0 bridgehead atoms. The number of likely N-dealkylation sites (N-methyl/N-ethyl adjacent to an activating group) is 1. The second-order valence-corrected chi connectivity index (χ2v) is 6.91. The van der Waals surface area contributed by atoms with E-state index >= 15 is 0 Å². The Kier molecular flexibility index (Phi) is 5.57. The van der Waals surface area contributed by atoms with Crippen molar-refractivity contribution in [2.24, 2.45) is 0 Å². The summed E-state index contributed by atoms with van der Waals surface area (Å²) in [7, 11) is 4.29. The van der Waals surface area contributed by atoms with E-state index in [9.17, 15) is 0 Å². The monoisotopic (exact) mass is 262 g/mol. The quantitative estimate of drug-likeness (QED) is 0.872. The first-order valence-electron chi connectivity index (χ1n) is 7.22. The highest BCUT2D eigenvalue weighted by molar-refractivity contribution is 5.29. The van der Waals surface area contributed by atoms with E-state index in [0.717, 1.165) is 6.54 Å². The van der Waals surface area contributed by atoms with Crippen molar-refractivity contribution in [3.8, 4) is 0 Å². The fourth-order valence-electron chi connectivity index (χ4n) is 2.15. The van der Waals surface area contributed by atoms with E-state index in [4.69, 9.17) is 0 Å². The normalized spacial score (nSPS) is 14.2. The summed E-state index contributed by atoms with van der Waals surface area (Å²) in [5.41, 5.74) is 3.00. The summed E-state index contributed by atoms with van der Waals surface area (Å²) in [4.78, 5) is 2.28. The lowest BCUT2D eigenvalue weighted by Gasteiger charge is -2.27. The Hall–Kier alpha value is -0.860. The Bertz CT molecular complexity index is 371. The maximum Gasteiger partial charge on any atom is 0.0466 e. The van der Waals surface area contributed by atoms with Gasteiger partial charge in [0.1, 0.15) is 0 Å². The van der Waals surface area contributed by atoms with Gasteiger partial charge in [-0.1, -0.05) is 58.9 Å². The highest BCUT2D eigenvalue weighted by atomic mass is 15.1. The molecule has 108 valence electrons. The van der Waals surface area contributed by atoms with Crippen LogP contribution in [0.5, 0.6) is 0 Å². The third-order valence-electron chi connectivity index (χ3n) is 3.50. The smallest absolute Gasteiger partial charge is 0.0466 e. The van der Waals surface area contributed by atoms with Crippen LogP contribution < -0.4 is 5.32 Å². The fraction of sp³-hybridized carbons (Fsp3) is 0.647. The van der Waals surface area contributed by atoms with Crippen LogP contribution in [-0.4, -0.2) is 31.6 Å². The van der Waals surface area contributed by atoms with E-state index in [2.05, 4.69) is 83.2 Å². The van der Waals surface area contributed by atoms with Crippen molar-refractivity contribution in [1.29, 1.82) is 0 Å². The zero-order valence-corrected chi connectivity index (χ0v) is 13.6. The average Bonchev–Trinajstić information content (AvgIpc) is 2.27. The Labute approximate surface area is 119 Å². The van der Waals surface area contributed by atoms with Gasteiger partial charge in [0.2, 0.25) is 0 Å². The Morgan fingerprint density at radius 2 is 1.58 bits per heavy atom. The zero-order valence-electron chi connectivity index (χ0n) is 13.6. The van der Waals surface area contributed by atoms with Crippen molar-refractivity contribution in [3.63, 3.8) is 0 Å². The van der Waals surface area contributed by atoms with E-state index in [0.29, 0.717) is 12.1 Å². The van der Waals surface area contributed by atoms with Crippen molar-refractivity contribution >= 4 is 0 Å². The summed E-state index contributed by atoms with van der Waals surface area (Å²) in [5.74, 6) is 0. The molecule has 2 heteroatoms. The molecule has 0 aromatic heterocycles. The molecule has 0 spiro atoms. The van der Waals surface area contributed by atoms with Gasteiger partial charge in [-0.15, -0.1) is 0 Å². The maximum atomic E-state index is 3.53. The number of benzene rings is 1. The SMILES string of the molecule is CC(C)NCC(c1ccc(C(C)(C)C)cc1)N(C)C. The van der Waals surface area contributed by atoms with Crippen molar-refractivity contribution in [3.05, 3.63) is 35.4 Å². The van der Waals surface area contributed by atoms with E-state index < -0.39 is 0 Å². The molecule has 0 heterocycles. The predicted octanol–water partition coefficient (Wildman–Crippen LogP) is 3.58. The minimum atomic E-state index is 0.225. The number of nitrogens with zero attached hydrogens (tertiary/aromatic N) is 1. The van der Waals surface area contributed by atoms with Crippen LogP contribution in [0.1, 0.15) is 51.8 Å². The highest BCUT2D eigenvalue weighted by Crippen LogP contribution is 2.25. The molecule has 1 N–H and O–H groups in total. The first-order chi connectivity index (χ1) is 8.71. The van der Waals surface area contributed by atoms with E-state index in [1.165, 1.54) is 11.1 Å². The first-order valence-corrected chi connectivity index (χ1v) is 7.22. The van der Waals surface area contributed by atoms with Crippen LogP contribution in [0.3, 0.4) is 0 Å². The number of rotatable bonds is 5. The number of hydrogen-bond donors (Lipinski definition) is 1. The van der Waals surface area contributed by atoms with Crippen LogP contribution >= 0.6 is 0 Å². The largest absolute Gasteiger partial charge is 0.313 e. The second-order valence-electron chi connectivity index (χ2n) is 6.91. The topological polar surface area (TPSA) is 15.3 Å². The fourth-order valence-corrected chi connectivity index (χ4v) is 2.15. The number of nitrogens with one attached hydrogen (secondary N) is 1. The van der Waals surface area contributed by atoms with Crippen molar-refractivity contribution in [2.45, 2.75) is 52.1 Å². The van der Waals surface area contributed by atoms with Gasteiger partial charge in [0.05, 0.1) is 0 Å². The molecule has 0 fully saturated rings. The molecule has 0 aliphatic carbocycles. The molecule has 0 aliphatic rings. The Balaban J connectivity index is 2.86. The van der Waals surface area contributed by atoms with Gasteiger partial charge in [-0.25, -0.2) is 0 Å². The van der Waals surface area contributed by atoms with Crippen LogP contribution in [0.15, 0.2) is 24.3 Å². The molecular weight excluding hydrogens is 232 g/mol.